The summed E-state index contributed by atoms with van der Waals surface area (Å²) in [7, 11) is 0. The highest BCUT2D eigenvalue weighted by molar-refractivity contribution is 6.30. The van der Waals surface area contributed by atoms with Gasteiger partial charge in [0.05, 0.1) is 13.2 Å². The fourth-order valence-electron chi connectivity index (χ4n) is 4.83. The van der Waals surface area contributed by atoms with Gasteiger partial charge in [0, 0.05) is 34.3 Å². The fourth-order valence-corrected chi connectivity index (χ4v) is 4.95. The smallest absolute Gasteiger partial charge is 0.315 e. The molecule has 0 amide bonds. The Kier molecular flexibility index (Phi) is 6.89. The molecule has 0 saturated heterocycles. The van der Waals surface area contributed by atoms with Crippen molar-refractivity contribution in [3.05, 3.63) is 88.2 Å². The lowest BCUT2D eigenvalue weighted by Crippen LogP contribution is -2.42. The van der Waals surface area contributed by atoms with Gasteiger partial charge in [-0.3, -0.25) is 9.59 Å². The van der Waals surface area contributed by atoms with E-state index in [1.165, 1.54) is 0 Å². The van der Waals surface area contributed by atoms with E-state index in [4.69, 9.17) is 21.1 Å². The van der Waals surface area contributed by atoms with Crippen molar-refractivity contribution in [2.75, 3.05) is 13.2 Å². The number of nitrogens with one attached hydrogen (secondary N) is 1. The van der Waals surface area contributed by atoms with Crippen LogP contribution in [0.2, 0.25) is 5.02 Å². The van der Waals surface area contributed by atoms with Gasteiger partial charge in [0.25, 0.3) is 0 Å². The van der Waals surface area contributed by atoms with Gasteiger partial charge in [0.15, 0.2) is 5.78 Å². The van der Waals surface area contributed by atoms with Crippen LogP contribution in [-0.4, -0.2) is 25.0 Å². The zero-order valence-corrected chi connectivity index (χ0v) is 19.7. The number of carbonyl (C=O) groups is 2. The second-order valence-electron chi connectivity index (χ2n) is 8.33. The summed E-state index contributed by atoms with van der Waals surface area (Å²) < 4.78 is 10.9. The molecule has 172 valence electrons. The SMILES string of the molecule is C=C1NC2=C(C(=O)CC(c3ccc(Cl)cc3)C2)C(c2ccc(OCC)cc2)C1C(=O)OCC. The molecular weight excluding hydrogens is 438 g/mol. The second-order valence-corrected chi connectivity index (χ2v) is 8.77. The number of hydrogen-bond donors (Lipinski definition) is 1. The number of carbonyl (C=O) groups excluding carboxylic acids is 2. The maximum absolute atomic E-state index is 13.5. The van der Waals surface area contributed by atoms with Crippen LogP contribution in [0.5, 0.6) is 5.75 Å². The summed E-state index contributed by atoms with van der Waals surface area (Å²) in [5, 5.41) is 3.96. The normalized spacial score (nSPS) is 22.5. The van der Waals surface area contributed by atoms with Gasteiger partial charge in [-0.1, -0.05) is 42.4 Å². The maximum atomic E-state index is 13.5. The molecule has 3 unspecified atom stereocenters. The predicted octanol–water partition coefficient (Wildman–Crippen LogP) is 5.52. The van der Waals surface area contributed by atoms with E-state index in [1.807, 2.05) is 55.5 Å². The first kappa shape index (κ1) is 23.1. The minimum Gasteiger partial charge on any atom is -0.494 e. The third-order valence-electron chi connectivity index (χ3n) is 6.27. The Balaban J connectivity index is 1.76. The molecular formula is C27H28ClNO4. The molecule has 4 rings (SSSR count). The molecule has 6 heteroatoms. The number of Topliss-reactive ketones (excluding diaryl/α,β-unsaturated/α-hetero) is 1. The molecule has 1 N–H and O–H groups in total. The molecule has 0 fully saturated rings. The molecule has 2 aromatic carbocycles. The maximum Gasteiger partial charge on any atom is 0.315 e. The number of halogens is 1. The van der Waals surface area contributed by atoms with Gasteiger partial charge >= 0.3 is 5.97 Å². The Morgan fingerprint density at radius 3 is 2.33 bits per heavy atom. The molecule has 5 nitrogen and oxygen atoms in total. The zero-order valence-electron chi connectivity index (χ0n) is 18.9. The number of ether oxygens (including phenoxy) is 2. The number of rotatable bonds is 6. The molecule has 2 aliphatic rings. The Morgan fingerprint density at radius 1 is 1.03 bits per heavy atom. The van der Waals surface area contributed by atoms with Crippen LogP contribution in [0.4, 0.5) is 0 Å². The molecule has 0 spiro atoms. The first-order chi connectivity index (χ1) is 15.9. The van der Waals surface area contributed by atoms with Crippen molar-refractivity contribution >= 4 is 23.4 Å². The average molecular weight is 466 g/mol. The van der Waals surface area contributed by atoms with Crippen molar-refractivity contribution in [1.82, 2.24) is 5.32 Å². The molecule has 1 aliphatic carbocycles. The van der Waals surface area contributed by atoms with Crippen LogP contribution < -0.4 is 10.1 Å². The minimum absolute atomic E-state index is 0.0318. The number of allylic oxidation sites excluding steroid dienone is 2. The summed E-state index contributed by atoms with van der Waals surface area (Å²) in [6.45, 7) is 8.67. The molecule has 3 atom stereocenters. The third kappa shape index (κ3) is 4.69. The van der Waals surface area contributed by atoms with Gasteiger partial charge in [-0.2, -0.15) is 0 Å². The van der Waals surface area contributed by atoms with Crippen LogP contribution in [0.25, 0.3) is 0 Å². The Labute approximate surface area is 199 Å². The monoisotopic (exact) mass is 465 g/mol. The van der Waals surface area contributed by atoms with E-state index in [0.717, 1.165) is 22.6 Å². The van der Waals surface area contributed by atoms with Crippen molar-refractivity contribution in [3.8, 4) is 5.75 Å². The van der Waals surface area contributed by atoms with Gasteiger partial charge in [-0.15, -0.1) is 0 Å². The van der Waals surface area contributed by atoms with E-state index in [1.54, 1.807) is 6.92 Å². The van der Waals surface area contributed by atoms with Crippen molar-refractivity contribution in [2.45, 2.75) is 38.5 Å². The van der Waals surface area contributed by atoms with Gasteiger partial charge in [0.1, 0.15) is 11.7 Å². The standard InChI is InChI=1S/C27H28ClNO4/c1-4-32-21-12-8-18(9-13-21)25-24(27(31)33-5-2)16(3)29-22-14-19(15-23(30)26(22)25)17-6-10-20(28)11-7-17/h6-13,19,24-25,29H,3-5,14-15H2,1-2H3. The summed E-state index contributed by atoms with van der Waals surface area (Å²) in [4.78, 5) is 26.5. The van der Waals surface area contributed by atoms with Crippen LogP contribution in [0.15, 0.2) is 72.1 Å². The molecule has 0 saturated carbocycles. The van der Waals surface area contributed by atoms with E-state index < -0.39 is 11.8 Å². The highest BCUT2D eigenvalue weighted by Gasteiger charge is 2.45. The first-order valence-electron chi connectivity index (χ1n) is 11.3. The van der Waals surface area contributed by atoms with Crippen molar-refractivity contribution < 1.29 is 19.1 Å². The largest absolute Gasteiger partial charge is 0.494 e. The Hall–Kier alpha value is -3.05. The first-order valence-corrected chi connectivity index (χ1v) is 11.7. The van der Waals surface area contributed by atoms with Gasteiger partial charge in [-0.25, -0.2) is 0 Å². The molecule has 33 heavy (non-hydrogen) atoms. The number of hydrogen-bond acceptors (Lipinski definition) is 5. The van der Waals surface area contributed by atoms with Crippen LogP contribution in [-0.2, 0) is 14.3 Å². The summed E-state index contributed by atoms with van der Waals surface area (Å²) in [5.74, 6) is -0.708. The van der Waals surface area contributed by atoms with Crippen molar-refractivity contribution in [2.24, 2.45) is 5.92 Å². The van der Waals surface area contributed by atoms with Crippen LogP contribution >= 0.6 is 11.6 Å². The molecule has 2 aromatic rings. The molecule has 1 heterocycles. The molecule has 1 aliphatic heterocycles. The van der Waals surface area contributed by atoms with Crippen LogP contribution in [0.3, 0.4) is 0 Å². The highest BCUT2D eigenvalue weighted by atomic mass is 35.5. The summed E-state index contributed by atoms with van der Waals surface area (Å²) in [5.41, 5.74) is 3.96. The summed E-state index contributed by atoms with van der Waals surface area (Å²) in [6.07, 6.45) is 1.03. The molecule has 0 aromatic heterocycles. The topological polar surface area (TPSA) is 64.6 Å². The van der Waals surface area contributed by atoms with E-state index in [-0.39, 0.29) is 24.3 Å². The second kappa shape index (κ2) is 9.84. The third-order valence-corrected chi connectivity index (χ3v) is 6.52. The van der Waals surface area contributed by atoms with E-state index >= 15 is 0 Å². The predicted molar refractivity (Wildman–Crippen MR) is 128 cm³/mol. The lowest BCUT2D eigenvalue weighted by atomic mass is 9.69. The zero-order chi connectivity index (χ0) is 23.5. The van der Waals surface area contributed by atoms with Gasteiger partial charge in [-0.05, 0) is 61.6 Å². The van der Waals surface area contributed by atoms with E-state index in [9.17, 15) is 9.59 Å². The number of ketones is 1. The number of esters is 1. The van der Waals surface area contributed by atoms with Crippen molar-refractivity contribution in [3.63, 3.8) is 0 Å². The van der Waals surface area contributed by atoms with Crippen molar-refractivity contribution in [1.29, 1.82) is 0 Å². The Morgan fingerprint density at radius 2 is 1.70 bits per heavy atom. The molecule has 0 bridgehead atoms. The lowest BCUT2D eigenvalue weighted by Gasteiger charge is -2.40. The molecule has 0 radical (unpaired) electrons. The quantitative estimate of drug-likeness (QED) is 0.569. The Bertz CT molecular complexity index is 1090. The lowest BCUT2D eigenvalue weighted by molar-refractivity contribution is -0.147. The fraction of sp³-hybridized carbons (Fsp3) is 0.333. The van der Waals surface area contributed by atoms with Crippen LogP contribution in [0.1, 0.15) is 49.7 Å². The summed E-state index contributed by atoms with van der Waals surface area (Å²) in [6, 6.07) is 15.2. The van der Waals surface area contributed by atoms with E-state index in [0.29, 0.717) is 35.7 Å². The number of benzene rings is 2. The average Bonchev–Trinajstić information content (AvgIpc) is 2.79. The van der Waals surface area contributed by atoms with E-state index in [2.05, 4.69) is 11.9 Å². The van der Waals surface area contributed by atoms with Crippen LogP contribution in [0, 0.1) is 5.92 Å². The highest BCUT2D eigenvalue weighted by Crippen LogP contribution is 2.47. The van der Waals surface area contributed by atoms with Gasteiger partial charge in [0.2, 0.25) is 0 Å². The van der Waals surface area contributed by atoms with Gasteiger partial charge < -0.3 is 14.8 Å². The summed E-state index contributed by atoms with van der Waals surface area (Å²) >= 11 is 6.05. The minimum atomic E-state index is -0.683.